The number of benzene rings is 4. The number of nitriles is 1. The Morgan fingerprint density at radius 2 is 1.55 bits per heavy atom. The van der Waals surface area contributed by atoms with Crippen molar-refractivity contribution < 1.29 is 14.3 Å². The van der Waals surface area contributed by atoms with E-state index in [2.05, 4.69) is 21.2 Å². The van der Waals surface area contributed by atoms with Gasteiger partial charge >= 0.3 is 0 Å². The summed E-state index contributed by atoms with van der Waals surface area (Å²) in [7, 11) is 0. The molecule has 190 valence electrons. The normalized spacial score (nSPS) is 10.9. The maximum Gasteiger partial charge on any atom is 0.266 e. The van der Waals surface area contributed by atoms with E-state index >= 15 is 0 Å². The van der Waals surface area contributed by atoms with Crippen LogP contribution in [0.3, 0.4) is 0 Å². The fourth-order valence-electron chi connectivity index (χ4n) is 3.46. The quantitative estimate of drug-likeness (QED) is 0.159. The van der Waals surface area contributed by atoms with Crippen molar-refractivity contribution in [2.24, 2.45) is 0 Å². The van der Waals surface area contributed by atoms with Gasteiger partial charge in [0, 0.05) is 10.7 Å². The summed E-state index contributed by atoms with van der Waals surface area (Å²) in [6.45, 7) is 2.87. The maximum atomic E-state index is 12.7. The van der Waals surface area contributed by atoms with Crippen molar-refractivity contribution in [1.82, 2.24) is 0 Å². The van der Waals surface area contributed by atoms with E-state index in [1.54, 1.807) is 36.4 Å². The van der Waals surface area contributed by atoms with Gasteiger partial charge < -0.3 is 14.8 Å². The molecule has 0 heterocycles. The highest BCUT2D eigenvalue weighted by atomic mass is 79.9. The Labute approximate surface area is 235 Å². The van der Waals surface area contributed by atoms with Crippen LogP contribution in [0.2, 0.25) is 5.02 Å². The Hall–Kier alpha value is -4.05. The van der Waals surface area contributed by atoms with Gasteiger partial charge in [-0.2, -0.15) is 5.26 Å². The molecule has 0 unspecified atom stereocenters. The minimum absolute atomic E-state index is 0.0201. The fourth-order valence-corrected chi connectivity index (χ4v) is 4.10. The number of hydrogen-bond donors (Lipinski definition) is 1. The summed E-state index contributed by atoms with van der Waals surface area (Å²) in [4.78, 5) is 12.7. The lowest BCUT2D eigenvalue weighted by Crippen LogP contribution is -2.13. The van der Waals surface area contributed by atoms with E-state index in [4.69, 9.17) is 21.1 Å². The monoisotopic (exact) mass is 586 g/mol. The van der Waals surface area contributed by atoms with Gasteiger partial charge in [-0.3, -0.25) is 4.79 Å². The van der Waals surface area contributed by atoms with Crippen molar-refractivity contribution in [3.05, 3.63) is 128 Å². The lowest BCUT2D eigenvalue weighted by molar-refractivity contribution is -0.112. The molecule has 0 radical (unpaired) electrons. The number of hydrogen-bond acceptors (Lipinski definition) is 4. The lowest BCUT2D eigenvalue weighted by atomic mass is 10.1. The van der Waals surface area contributed by atoms with Gasteiger partial charge in [0.05, 0.1) is 4.47 Å². The molecule has 0 fully saturated rings. The van der Waals surface area contributed by atoms with Crippen LogP contribution in [0, 0.1) is 18.3 Å². The predicted molar refractivity (Wildman–Crippen MR) is 154 cm³/mol. The molecular weight excluding hydrogens is 564 g/mol. The van der Waals surface area contributed by atoms with Gasteiger partial charge in [-0.15, -0.1) is 0 Å². The Morgan fingerprint density at radius 3 is 2.18 bits per heavy atom. The van der Waals surface area contributed by atoms with Gasteiger partial charge in [-0.25, -0.2) is 0 Å². The first-order valence-corrected chi connectivity index (χ1v) is 12.9. The number of anilines is 1. The average Bonchev–Trinajstić information content (AvgIpc) is 2.92. The average molecular weight is 588 g/mol. The summed E-state index contributed by atoms with van der Waals surface area (Å²) in [6, 6.07) is 29.9. The third kappa shape index (κ3) is 7.72. The van der Waals surface area contributed by atoms with E-state index in [1.165, 1.54) is 11.6 Å². The van der Waals surface area contributed by atoms with Crippen LogP contribution in [0.1, 0.15) is 22.3 Å². The Bertz CT molecular complexity index is 1480. The molecule has 7 heteroatoms. The van der Waals surface area contributed by atoms with E-state index in [-0.39, 0.29) is 5.57 Å². The van der Waals surface area contributed by atoms with Crippen molar-refractivity contribution in [2.45, 2.75) is 20.1 Å². The number of carbonyl (C=O) groups excluding carboxylic acids is 1. The van der Waals surface area contributed by atoms with Crippen LogP contribution >= 0.6 is 27.5 Å². The number of carbonyl (C=O) groups is 1. The van der Waals surface area contributed by atoms with Crippen LogP contribution in [0.5, 0.6) is 11.5 Å². The van der Waals surface area contributed by atoms with Gasteiger partial charge in [0.2, 0.25) is 0 Å². The molecule has 1 N–H and O–H groups in total. The first-order valence-electron chi connectivity index (χ1n) is 11.8. The number of nitrogens with zero attached hydrogens (tertiary/aromatic N) is 1. The third-order valence-electron chi connectivity index (χ3n) is 5.58. The summed E-state index contributed by atoms with van der Waals surface area (Å²) in [5.74, 6) is 0.825. The maximum absolute atomic E-state index is 12.7. The van der Waals surface area contributed by atoms with Gasteiger partial charge in [0.15, 0.2) is 0 Å². The SMILES string of the molecule is Cc1ccc(COc2ccc(/C=C(\C#N)C(=O)Nc3ccc(OCc4ccc(Cl)cc4)cc3)cc2Br)cc1. The van der Waals surface area contributed by atoms with Crippen LogP contribution in [-0.2, 0) is 18.0 Å². The first kappa shape index (κ1) is 27.0. The van der Waals surface area contributed by atoms with Crippen molar-refractivity contribution in [3.8, 4) is 17.6 Å². The largest absolute Gasteiger partial charge is 0.489 e. The van der Waals surface area contributed by atoms with Crippen LogP contribution in [-0.4, -0.2) is 5.91 Å². The molecule has 5 nitrogen and oxygen atoms in total. The van der Waals surface area contributed by atoms with Gasteiger partial charge in [-0.1, -0.05) is 59.6 Å². The van der Waals surface area contributed by atoms with E-state index in [1.807, 2.05) is 67.6 Å². The molecule has 4 rings (SSSR count). The van der Waals surface area contributed by atoms with Gasteiger partial charge in [0.1, 0.15) is 36.4 Å². The molecular formula is C31H24BrClN2O3. The molecule has 38 heavy (non-hydrogen) atoms. The molecule has 0 aliphatic heterocycles. The molecule has 0 bridgehead atoms. The van der Waals surface area contributed by atoms with E-state index in [0.29, 0.717) is 41.0 Å². The number of amides is 1. The minimum atomic E-state index is -0.502. The topological polar surface area (TPSA) is 71.3 Å². The zero-order chi connectivity index (χ0) is 26.9. The van der Waals surface area contributed by atoms with Crippen molar-refractivity contribution >= 4 is 45.2 Å². The molecule has 1 amide bonds. The van der Waals surface area contributed by atoms with Gasteiger partial charge in [0.25, 0.3) is 5.91 Å². The second-order valence-corrected chi connectivity index (χ2v) is 9.82. The first-order chi connectivity index (χ1) is 18.4. The zero-order valence-corrected chi connectivity index (χ0v) is 22.9. The number of ether oxygens (including phenoxy) is 2. The molecule has 0 aromatic heterocycles. The fraction of sp³-hybridized carbons (Fsp3) is 0.0968. The second-order valence-electron chi connectivity index (χ2n) is 8.53. The minimum Gasteiger partial charge on any atom is -0.489 e. The molecule has 0 aliphatic rings. The Morgan fingerprint density at radius 1 is 0.921 bits per heavy atom. The molecule has 0 saturated carbocycles. The van der Waals surface area contributed by atoms with Crippen molar-refractivity contribution in [3.63, 3.8) is 0 Å². The summed E-state index contributed by atoms with van der Waals surface area (Å²) < 4.78 is 12.4. The van der Waals surface area contributed by atoms with Gasteiger partial charge in [-0.05, 0) is 94.2 Å². The summed E-state index contributed by atoms with van der Waals surface area (Å²) in [6.07, 6.45) is 1.54. The van der Waals surface area contributed by atoms with Crippen LogP contribution < -0.4 is 14.8 Å². The van der Waals surface area contributed by atoms with Crippen LogP contribution in [0.15, 0.2) is 101 Å². The predicted octanol–water partition coefficient (Wildman–Crippen LogP) is 8.11. The standard InChI is InChI=1S/C31H24BrClN2O3/c1-21-2-4-22(5-3-21)20-38-30-15-8-24(17-29(30)32)16-25(18-34)31(36)35-27-11-13-28(14-12-27)37-19-23-6-9-26(33)10-7-23/h2-17H,19-20H2,1H3,(H,35,36)/b25-16+. The second kappa shape index (κ2) is 13.0. The van der Waals surface area contributed by atoms with Crippen molar-refractivity contribution in [1.29, 1.82) is 5.26 Å². The van der Waals surface area contributed by atoms with Crippen LogP contribution in [0.25, 0.3) is 6.08 Å². The van der Waals surface area contributed by atoms with Crippen LogP contribution in [0.4, 0.5) is 5.69 Å². The zero-order valence-electron chi connectivity index (χ0n) is 20.6. The molecule has 0 aliphatic carbocycles. The summed E-state index contributed by atoms with van der Waals surface area (Å²) >= 11 is 9.42. The van der Waals surface area contributed by atoms with E-state index in [0.717, 1.165) is 15.6 Å². The summed E-state index contributed by atoms with van der Waals surface area (Å²) in [5.41, 5.74) is 4.48. The highest BCUT2D eigenvalue weighted by Crippen LogP contribution is 2.28. The number of nitrogens with one attached hydrogen (secondary N) is 1. The third-order valence-corrected chi connectivity index (χ3v) is 6.45. The molecule has 0 atom stereocenters. The highest BCUT2D eigenvalue weighted by Gasteiger charge is 2.11. The smallest absolute Gasteiger partial charge is 0.266 e. The number of rotatable bonds is 9. The van der Waals surface area contributed by atoms with E-state index < -0.39 is 5.91 Å². The lowest BCUT2D eigenvalue weighted by Gasteiger charge is -2.10. The Kier molecular flexibility index (Phi) is 9.21. The Balaban J connectivity index is 1.34. The summed E-state index contributed by atoms with van der Waals surface area (Å²) in [5, 5.41) is 13.0. The number of halogens is 2. The molecule has 4 aromatic carbocycles. The highest BCUT2D eigenvalue weighted by molar-refractivity contribution is 9.10. The van der Waals surface area contributed by atoms with E-state index in [9.17, 15) is 10.1 Å². The molecule has 0 saturated heterocycles. The molecule has 0 spiro atoms. The number of aryl methyl sites for hydroxylation is 1. The van der Waals surface area contributed by atoms with Crippen molar-refractivity contribution in [2.75, 3.05) is 5.32 Å². The molecule has 4 aromatic rings.